The second kappa shape index (κ2) is 7.49. The lowest BCUT2D eigenvalue weighted by molar-refractivity contribution is 0.250. The van der Waals surface area contributed by atoms with Crippen molar-refractivity contribution in [3.63, 3.8) is 0 Å². The minimum Gasteiger partial charge on any atom is -0.314 e. The van der Waals surface area contributed by atoms with Crippen molar-refractivity contribution in [2.75, 3.05) is 6.54 Å². The molecule has 2 heteroatoms. The van der Waals surface area contributed by atoms with Gasteiger partial charge in [0, 0.05) is 18.1 Å². The average Bonchev–Trinajstić information content (AvgIpc) is 2.61. The van der Waals surface area contributed by atoms with Crippen LogP contribution < -0.4 is 10.6 Å². The molecule has 0 aromatic heterocycles. The molecule has 1 aliphatic carbocycles. The summed E-state index contributed by atoms with van der Waals surface area (Å²) in [6.45, 7) is 6.04. The van der Waals surface area contributed by atoms with Crippen LogP contribution >= 0.6 is 0 Å². The van der Waals surface area contributed by atoms with Gasteiger partial charge in [-0.1, -0.05) is 32.6 Å². The van der Waals surface area contributed by atoms with Crippen LogP contribution in [0, 0.1) is 5.92 Å². The zero-order chi connectivity index (χ0) is 12.8. The first-order valence-electron chi connectivity index (χ1n) is 8.25. The third-order valence-electron chi connectivity index (χ3n) is 4.91. The van der Waals surface area contributed by atoms with Crippen molar-refractivity contribution < 1.29 is 0 Å². The maximum atomic E-state index is 3.90. The van der Waals surface area contributed by atoms with Gasteiger partial charge in [0.25, 0.3) is 0 Å². The lowest BCUT2D eigenvalue weighted by atomic mass is 9.85. The zero-order valence-corrected chi connectivity index (χ0v) is 12.4. The summed E-state index contributed by atoms with van der Waals surface area (Å²) < 4.78 is 0. The molecular weight excluding hydrogens is 220 g/mol. The molecule has 0 aromatic carbocycles. The van der Waals surface area contributed by atoms with Gasteiger partial charge in [-0.05, 0) is 51.5 Å². The summed E-state index contributed by atoms with van der Waals surface area (Å²) in [6.07, 6.45) is 12.6. The van der Waals surface area contributed by atoms with Crippen LogP contribution in [0.25, 0.3) is 0 Å². The molecule has 4 atom stereocenters. The molecule has 18 heavy (non-hydrogen) atoms. The molecule has 0 amide bonds. The lowest BCUT2D eigenvalue weighted by Gasteiger charge is -2.33. The molecule has 2 nitrogen and oxygen atoms in total. The van der Waals surface area contributed by atoms with Crippen molar-refractivity contribution in [2.45, 2.75) is 89.8 Å². The highest BCUT2D eigenvalue weighted by atomic mass is 15.0. The molecule has 0 bridgehead atoms. The molecule has 2 aliphatic rings. The lowest BCUT2D eigenvalue weighted by Crippen LogP contribution is -2.45. The van der Waals surface area contributed by atoms with E-state index in [1.807, 2.05) is 0 Å². The molecule has 0 spiro atoms. The summed E-state index contributed by atoms with van der Waals surface area (Å²) in [4.78, 5) is 0. The molecular formula is C16H32N2. The van der Waals surface area contributed by atoms with Crippen molar-refractivity contribution >= 4 is 0 Å². The van der Waals surface area contributed by atoms with Crippen molar-refractivity contribution in [1.29, 1.82) is 0 Å². The average molecular weight is 252 g/mol. The summed E-state index contributed by atoms with van der Waals surface area (Å²) in [5, 5.41) is 7.62. The normalized spacial score (nSPS) is 36.0. The van der Waals surface area contributed by atoms with Crippen molar-refractivity contribution in [3.8, 4) is 0 Å². The van der Waals surface area contributed by atoms with Crippen molar-refractivity contribution in [1.82, 2.24) is 10.6 Å². The second-order valence-electron chi connectivity index (χ2n) is 6.67. The fourth-order valence-corrected chi connectivity index (χ4v) is 3.73. The molecule has 1 heterocycles. The highest BCUT2D eigenvalue weighted by Crippen LogP contribution is 2.24. The quantitative estimate of drug-likeness (QED) is 0.800. The number of hydrogen-bond donors (Lipinski definition) is 2. The SMILES string of the molecule is CC(CC1CCCCCN1)NC1CCCCC1C. The first-order chi connectivity index (χ1) is 8.75. The van der Waals surface area contributed by atoms with Crippen LogP contribution in [0.3, 0.4) is 0 Å². The van der Waals surface area contributed by atoms with Gasteiger partial charge in [0.15, 0.2) is 0 Å². The van der Waals surface area contributed by atoms with E-state index in [4.69, 9.17) is 0 Å². The Labute approximate surface area is 113 Å². The Kier molecular flexibility index (Phi) is 5.97. The van der Waals surface area contributed by atoms with Gasteiger partial charge in [0.2, 0.25) is 0 Å². The van der Waals surface area contributed by atoms with E-state index in [9.17, 15) is 0 Å². The third-order valence-corrected chi connectivity index (χ3v) is 4.91. The summed E-state index contributed by atoms with van der Waals surface area (Å²) in [5.41, 5.74) is 0. The fraction of sp³-hybridized carbons (Fsp3) is 1.00. The maximum Gasteiger partial charge on any atom is 0.00951 e. The van der Waals surface area contributed by atoms with Gasteiger partial charge in [-0.25, -0.2) is 0 Å². The van der Waals surface area contributed by atoms with Crippen LogP contribution in [-0.2, 0) is 0 Å². The molecule has 2 rings (SSSR count). The number of nitrogens with one attached hydrogen (secondary N) is 2. The Morgan fingerprint density at radius 2 is 1.83 bits per heavy atom. The fourth-order valence-electron chi connectivity index (χ4n) is 3.73. The molecule has 2 N–H and O–H groups in total. The zero-order valence-electron chi connectivity index (χ0n) is 12.4. The highest BCUT2D eigenvalue weighted by molar-refractivity contribution is 4.83. The molecule has 4 unspecified atom stereocenters. The van der Waals surface area contributed by atoms with Crippen LogP contribution in [0.4, 0.5) is 0 Å². The van der Waals surface area contributed by atoms with E-state index in [2.05, 4.69) is 24.5 Å². The minimum absolute atomic E-state index is 0.672. The monoisotopic (exact) mass is 252 g/mol. The van der Waals surface area contributed by atoms with E-state index in [-0.39, 0.29) is 0 Å². The van der Waals surface area contributed by atoms with Gasteiger partial charge in [0.05, 0.1) is 0 Å². The Morgan fingerprint density at radius 3 is 2.67 bits per heavy atom. The summed E-state index contributed by atoms with van der Waals surface area (Å²) >= 11 is 0. The standard InChI is InChI=1S/C16H32N2/c1-13-8-5-6-10-16(13)18-14(2)12-15-9-4-3-7-11-17-15/h13-18H,3-12H2,1-2H3. The molecule has 2 fully saturated rings. The number of hydrogen-bond acceptors (Lipinski definition) is 2. The van der Waals surface area contributed by atoms with E-state index in [1.54, 1.807) is 0 Å². The molecule has 0 radical (unpaired) electrons. The van der Waals surface area contributed by atoms with Crippen LogP contribution in [-0.4, -0.2) is 24.7 Å². The van der Waals surface area contributed by atoms with Crippen molar-refractivity contribution in [3.05, 3.63) is 0 Å². The van der Waals surface area contributed by atoms with E-state index in [0.717, 1.165) is 18.0 Å². The first kappa shape index (κ1) is 14.3. The van der Waals surface area contributed by atoms with Crippen LogP contribution in [0.5, 0.6) is 0 Å². The van der Waals surface area contributed by atoms with Crippen molar-refractivity contribution in [2.24, 2.45) is 5.92 Å². The summed E-state index contributed by atoms with van der Waals surface area (Å²) in [7, 11) is 0. The Balaban J connectivity index is 1.71. The molecule has 0 aromatic rings. The Bertz CT molecular complexity index is 221. The molecule has 106 valence electrons. The predicted molar refractivity (Wildman–Crippen MR) is 78.9 cm³/mol. The van der Waals surface area contributed by atoms with E-state index < -0.39 is 0 Å². The molecule has 1 aliphatic heterocycles. The van der Waals surface area contributed by atoms with Gasteiger partial charge in [-0.2, -0.15) is 0 Å². The molecule has 1 saturated carbocycles. The van der Waals surface area contributed by atoms with Gasteiger partial charge in [-0.15, -0.1) is 0 Å². The van der Waals surface area contributed by atoms with Gasteiger partial charge in [0.1, 0.15) is 0 Å². The number of rotatable bonds is 4. The minimum atomic E-state index is 0.672. The topological polar surface area (TPSA) is 24.1 Å². The predicted octanol–water partition coefficient (Wildman–Crippen LogP) is 3.47. The van der Waals surface area contributed by atoms with Crippen LogP contribution in [0.15, 0.2) is 0 Å². The van der Waals surface area contributed by atoms with Gasteiger partial charge in [-0.3, -0.25) is 0 Å². The Morgan fingerprint density at radius 1 is 1.06 bits per heavy atom. The third kappa shape index (κ3) is 4.55. The van der Waals surface area contributed by atoms with E-state index in [1.165, 1.54) is 64.3 Å². The van der Waals surface area contributed by atoms with Gasteiger partial charge >= 0.3 is 0 Å². The summed E-state index contributed by atoms with van der Waals surface area (Å²) in [5.74, 6) is 0.878. The molecule has 1 saturated heterocycles. The van der Waals surface area contributed by atoms with E-state index in [0.29, 0.717) is 6.04 Å². The van der Waals surface area contributed by atoms with Crippen LogP contribution in [0.1, 0.15) is 71.6 Å². The van der Waals surface area contributed by atoms with Crippen LogP contribution in [0.2, 0.25) is 0 Å². The largest absolute Gasteiger partial charge is 0.314 e. The smallest absolute Gasteiger partial charge is 0.00951 e. The maximum absolute atomic E-state index is 3.90. The van der Waals surface area contributed by atoms with E-state index >= 15 is 0 Å². The highest BCUT2D eigenvalue weighted by Gasteiger charge is 2.23. The Hall–Kier alpha value is -0.0800. The second-order valence-corrected chi connectivity index (χ2v) is 6.67. The summed E-state index contributed by atoms with van der Waals surface area (Å²) in [6, 6.07) is 2.21. The first-order valence-corrected chi connectivity index (χ1v) is 8.25. The van der Waals surface area contributed by atoms with Gasteiger partial charge < -0.3 is 10.6 Å².